The first kappa shape index (κ1) is 18.7. The largest absolute Gasteiger partial charge is 0.496 e. The smallest absolute Gasteiger partial charge is 0.244 e. The second-order valence-corrected chi connectivity index (χ2v) is 9.74. The second kappa shape index (κ2) is 6.78. The first-order valence-corrected chi connectivity index (χ1v) is 11.4. The zero-order valence-electron chi connectivity index (χ0n) is 16.1. The summed E-state index contributed by atoms with van der Waals surface area (Å²) in [5.74, 6) is 0.725. The Kier molecular flexibility index (Phi) is 4.71. The summed E-state index contributed by atoms with van der Waals surface area (Å²) in [7, 11) is -2.15. The van der Waals surface area contributed by atoms with E-state index in [0.29, 0.717) is 37.6 Å². The second-order valence-electron chi connectivity index (χ2n) is 7.87. The van der Waals surface area contributed by atoms with Crippen molar-refractivity contribution in [3.8, 4) is 5.75 Å². The molecule has 1 amide bonds. The van der Waals surface area contributed by atoms with Crippen molar-refractivity contribution in [1.82, 2.24) is 9.21 Å². The van der Waals surface area contributed by atoms with Crippen LogP contribution in [0.1, 0.15) is 51.0 Å². The molecule has 1 aromatic rings. The number of likely N-dealkylation sites (tertiary alicyclic amines) is 1. The fraction of sp³-hybridized carbons (Fsp3) is 0.650. The van der Waals surface area contributed by atoms with Gasteiger partial charge < -0.3 is 9.64 Å². The highest BCUT2D eigenvalue weighted by Gasteiger charge is 2.57. The molecule has 2 saturated heterocycles. The summed E-state index contributed by atoms with van der Waals surface area (Å²) in [6, 6.07) is 5.35. The van der Waals surface area contributed by atoms with Gasteiger partial charge in [-0.15, -0.1) is 0 Å². The van der Waals surface area contributed by atoms with Crippen LogP contribution in [-0.4, -0.2) is 55.3 Å². The van der Waals surface area contributed by atoms with Crippen molar-refractivity contribution in [1.29, 1.82) is 0 Å². The zero-order valence-corrected chi connectivity index (χ0v) is 16.9. The van der Waals surface area contributed by atoms with Crippen LogP contribution in [0.3, 0.4) is 0 Å². The number of aryl methyl sites for hydroxylation is 1. The number of ether oxygens (including phenoxy) is 1. The number of benzene rings is 1. The molecular weight excluding hydrogens is 364 g/mol. The number of hydrogen-bond donors (Lipinski definition) is 0. The quantitative estimate of drug-likeness (QED) is 0.772. The molecule has 1 atom stereocenters. The number of carbonyl (C=O) groups is 1. The number of piperidine rings is 1. The fourth-order valence-electron chi connectivity index (χ4n) is 4.74. The van der Waals surface area contributed by atoms with Crippen molar-refractivity contribution < 1.29 is 17.9 Å². The van der Waals surface area contributed by atoms with Crippen LogP contribution < -0.4 is 4.74 Å². The third-order valence-corrected chi connectivity index (χ3v) is 8.25. The van der Waals surface area contributed by atoms with Gasteiger partial charge in [0.2, 0.25) is 15.9 Å². The van der Waals surface area contributed by atoms with E-state index in [-0.39, 0.29) is 10.8 Å². The van der Waals surface area contributed by atoms with Gasteiger partial charge in [-0.1, -0.05) is 6.92 Å². The molecule has 0 N–H and O–H groups in total. The van der Waals surface area contributed by atoms with Crippen LogP contribution in [-0.2, 0) is 21.2 Å². The van der Waals surface area contributed by atoms with E-state index in [9.17, 15) is 13.2 Å². The van der Waals surface area contributed by atoms with Gasteiger partial charge in [-0.2, -0.15) is 4.31 Å². The highest BCUT2D eigenvalue weighted by atomic mass is 32.2. The van der Waals surface area contributed by atoms with Gasteiger partial charge >= 0.3 is 0 Å². The molecule has 148 valence electrons. The van der Waals surface area contributed by atoms with Crippen LogP contribution in [0, 0.1) is 0 Å². The van der Waals surface area contributed by atoms with Crippen LogP contribution in [0.5, 0.6) is 5.75 Å². The number of rotatable bonds is 5. The summed E-state index contributed by atoms with van der Waals surface area (Å²) in [6.07, 6.45) is 5.65. The summed E-state index contributed by atoms with van der Waals surface area (Å²) < 4.78 is 33.9. The van der Waals surface area contributed by atoms with Crippen LogP contribution in [0.25, 0.3) is 0 Å². The standard InChI is InChI=1S/C20H28N2O4S/c1-3-15-14-17(8-9-18(15)26-2)27(24,25)22-13-5-11-20(22)10-4-12-21(19(20)23)16-6-7-16/h8-9,14,16H,3-7,10-13H2,1-2H3. The van der Waals surface area contributed by atoms with Crippen molar-refractivity contribution in [3.63, 3.8) is 0 Å². The molecule has 0 radical (unpaired) electrons. The Labute approximate surface area is 161 Å². The van der Waals surface area contributed by atoms with E-state index in [1.54, 1.807) is 25.3 Å². The van der Waals surface area contributed by atoms with Crippen molar-refractivity contribution in [2.75, 3.05) is 20.2 Å². The van der Waals surface area contributed by atoms with Gasteiger partial charge in [0.15, 0.2) is 0 Å². The maximum Gasteiger partial charge on any atom is 0.244 e. The highest BCUT2D eigenvalue weighted by Crippen LogP contribution is 2.44. The van der Waals surface area contributed by atoms with E-state index >= 15 is 0 Å². The molecule has 2 aliphatic heterocycles. The van der Waals surface area contributed by atoms with Gasteiger partial charge in [-0.3, -0.25) is 4.79 Å². The molecule has 1 aliphatic carbocycles. The van der Waals surface area contributed by atoms with E-state index in [1.807, 2.05) is 11.8 Å². The minimum absolute atomic E-state index is 0.0292. The van der Waals surface area contributed by atoms with E-state index in [1.165, 1.54) is 4.31 Å². The van der Waals surface area contributed by atoms with Crippen molar-refractivity contribution in [3.05, 3.63) is 23.8 Å². The Morgan fingerprint density at radius 3 is 2.52 bits per heavy atom. The molecule has 7 heteroatoms. The van der Waals surface area contributed by atoms with Crippen LogP contribution in [0.15, 0.2) is 23.1 Å². The number of hydrogen-bond acceptors (Lipinski definition) is 4. The van der Waals surface area contributed by atoms with Crippen molar-refractivity contribution >= 4 is 15.9 Å². The lowest BCUT2D eigenvalue weighted by Gasteiger charge is -2.44. The number of amides is 1. The summed E-state index contributed by atoms with van der Waals surface area (Å²) in [6.45, 7) is 3.16. The van der Waals surface area contributed by atoms with E-state index in [4.69, 9.17) is 4.74 Å². The third-order valence-electron chi connectivity index (χ3n) is 6.29. The summed E-state index contributed by atoms with van der Waals surface area (Å²) in [5.41, 5.74) is -0.0206. The molecule has 1 unspecified atom stereocenters. The van der Waals surface area contributed by atoms with Gasteiger partial charge in [0.05, 0.1) is 12.0 Å². The lowest BCUT2D eigenvalue weighted by atomic mass is 9.86. The monoisotopic (exact) mass is 392 g/mol. The maximum atomic E-state index is 13.5. The van der Waals surface area contributed by atoms with Gasteiger partial charge in [-0.25, -0.2) is 8.42 Å². The molecule has 1 spiro atoms. The van der Waals surface area contributed by atoms with Crippen molar-refractivity contribution in [2.24, 2.45) is 0 Å². The molecule has 0 bridgehead atoms. The minimum Gasteiger partial charge on any atom is -0.496 e. The third kappa shape index (κ3) is 2.95. The van der Waals surface area contributed by atoms with Gasteiger partial charge in [0.1, 0.15) is 11.3 Å². The fourth-order valence-corrected chi connectivity index (χ4v) is 6.61. The molecule has 1 aromatic carbocycles. The van der Waals surface area contributed by atoms with Crippen molar-refractivity contribution in [2.45, 2.75) is 68.3 Å². The molecule has 1 saturated carbocycles. The zero-order chi connectivity index (χ0) is 19.2. The van der Waals surface area contributed by atoms with E-state index in [0.717, 1.165) is 37.8 Å². The average Bonchev–Trinajstić information content (AvgIpc) is 3.43. The number of methoxy groups -OCH3 is 1. The van der Waals surface area contributed by atoms with Gasteiger partial charge in [0.25, 0.3) is 0 Å². The molecule has 3 fully saturated rings. The predicted molar refractivity (Wildman–Crippen MR) is 102 cm³/mol. The summed E-state index contributed by atoms with van der Waals surface area (Å²) in [5, 5.41) is 0. The molecule has 27 heavy (non-hydrogen) atoms. The topological polar surface area (TPSA) is 66.9 Å². The number of nitrogens with zero attached hydrogens (tertiary/aromatic N) is 2. The lowest BCUT2D eigenvalue weighted by molar-refractivity contribution is -0.145. The molecular formula is C20H28N2O4S. The summed E-state index contributed by atoms with van der Waals surface area (Å²) >= 11 is 0. The first-order valence-electron chi connectivity index (χ1n) is 9.95. The van der Waals surface area contributed by atoms with E-state index in [2.05, 4.69) is 0 Å². The SMILES string of the molecule is CCc1cc(S(=O)(=O)N2CCCC23CCCN(C2CC2)C3=O)ccc1OC. The summed E-state index contributed by atoms with van der Waals surface area (Å²) in [4.78, 5) is 15.6. The van der Waals surface area contributed by atoms with Crippen LogP contribution in [0.4, 0.5) is 0 Å². The molecule has 3 aliphatic rings. The molecule has 4 rings (SSSR count). The normalized spacial score (nSPS) is 26.7. The Balaban J connectivity index is 1.71. The van der Waals surface area contributed by atoms with Crippen LogP contribution in [0.2, 0.25) is 0 Å². The molecule has 2 heterocycles. The molecule has 6 nitrogen and oxygen atoms in total. The Morgan fingerprint density at radius 1 is 1.19 bits per heavy atom. The average molecular weight is 393 g/mol. The van der Waals surface area contributed by atoms with Gasteiger partial charge in [0, 0.05) is 19.1 Å². The minimum atomic E-state index is -3.74. The lowest BCUT2D eigenvalue weighted by Crippen LogP contribution is -2.61. The van der Waals surface area contributed by atoms with Crippen LogP contribution >= 0.6 is 0 Å². The Bertz CT molecular complexity index is 850. The maximum absolute atomic E-state index is 13.5. The number of carbonyl (C=O) groups excluding carboxylic acids is 1. The molecule has 0 aromatic heterocycles. The highest BCUT2D eigenvalue weighted by molar-refractivity contribution is 7.89. The Morgan fingerprint density at radius 2 is 1.89 bits per heavy atom. The number of sulfonamides is 1. The first-order chi connectivity index (χ1) is 12.9. The Hall–Kier alpha value is -1.60. The predicted octanol–water partition coefficient (Wildman–Crippen LogP) is 2.57. The van der Waals surface area contributed by atoms with E-state index < -0.39 is 15.6 Å². The van der Waals surface area contributed by atoms with Gasteiger partial charge in [-0.05, 0) is 68.7 Å².